The Morgan fingerprint density at radius 1 is 1.10 bits per heavy atom. The van der Waals surface area contributed by atoms with E-state index in [1.807, 2.05) is 0 Å². The third-order valence-corrected chi connectivity index (χ3v) is 1.14. The van der Waals surface area contributed by atoms with Crippen LogP contribution >= 0.6 is 0 Å². The van der Waals surface area contributed by atoms with Crippen molar-refractivity contribution >= 4 is 5.71 Å². The summed E-state index contributed by atoms with van der Waals surface area (Å²) in [6.45, 7) is 0. The Bertz CT molecular complexity index is 226. The van der Waals surface area contributed by atoms with Crippen LogP contribution < -0.4 is 0 Å². The summed E-state index contributed by atoms with van der Waals surface area (Å²) in [5.74, 6) is -0.708. The van der Waals surface area contributed by atoms with E-state index >= 15 is 0 Å². The Morgan fingerprint density at radius 3 is 2.00 bits per heavy atom. The van der Waals surface area contributed by atoms with Gasteiger partial charge in [0, 0.05) is 0 Å². The summed E-state index contributed by atoms with van der Waals surface area (Å²) in [5, 5.41) is 24.1. The Balaban J connectivity index is 2.91. The maximum absolute atomic E-state index is 8.53. The first-order valence-corrected chi connectivity index (χ1v) is 2.77. The fraction of sp³-hybridized carbons (Fsp3) is 0. The molecule has 0 spiro atoms. The van der Waals surface area contributed by atoms with Crippen LogP contribution in [-0.2, 0) is 0 Å². The van der Waals surface area contributed by atoms with Crippen LogP contribution in [0.1, 0.15) is 0 Å². The molecule has 0 aromatic heterocycles. The van der Waals surface area contributed by atoms with Crippen molar-refractivity contribution in [3.63, 3.8) is 0 Å². The minimum atomic E-state index is -0.708. The summed E-state index contributed by atoms with van der Waals surface area (Å²) in [7, 11) is 0. The minimum absolute atomic E-state index is 0.330. The van der Waals surface area contributed by atoms with Crippen LogP contribution in [0.4, 0.5) is 0 Å². The molecule has 0 bridgehead atoms. The van der Waals surface area contributed by atoms with Gasteiger partial charge < -0.3 is 15.6 Å². The summed E-state index contributed by atoms with van der Waals surface area (Å²) in [6.07, 6.45) is 5.92. The van der Waals surface area contributed by atoms with Gasteiger partial charge in [-0.25, -0.2) is 0 Å². The number of hydrogen-bond acceptors (Lipinski definition) is 3. The number of rotatable bonds is 0. The molecule has 0 atom stereocenters. The summed E-state index contributed by atoms with van der Waals surface area (Å²) < 4.78 is 0. The molecule has 0 aromatic rings. The van der Waals surface area contributed by atoms with Crippen molar-refractivity contribution in [1.29, 1.82) is 5.41 Å². The van der Waals surface area contributed by atoms with Crippen molar-refractivity contribution in [3.8, 4) is 0 Å². The lowest BCUT2D eigenvalue weighted by Crippen LogP contribution is -1.93. The van der Waals surface area contributed by atoms with Crippen LogP contribution in [0.2, 0.25) is 0 Å². The molecule has 0 heterocycles. The molecule has 3 N–H and O–H groups in total. The molecule has 0 amide bonds. The summed E-state index contributed by atoms with van der Waals surface area (Å²) in [5.41, 5.74) is 0.681. The van der Waals surface area contributed by atoms with Crippen LogP contribution in [0, 0.1) is 5.41 Å². The van der Waals surface area contributed by atoms with Crippen LogP contribution in [0.25, 0.3) is 0 Å². The third kappa shape index (κ3) is 1.25. The topological polar surface area (TPSA) is 64.3 Å². The van der Waals surface area contributed by atoms with Crippen LogP contribution in [-0.4, -0.2) is 15.9 Å². The highest BCUT2D eigenvalue weighted by molar-refractivity contribution is 6.03. The molecule has 0 saturated heterocycles. The lowest BCUT2D eigenvalue weighted by molar-refractivity contribution is 0.188. The van der Waals surface area contributed by atoms with Gasteiger partial charge in [-0.3, -0.25) is 0 Å². The Kier molecular flexibility index (Phi) is 1.58. The SMILES string of the molecule is N=C1C=CC(=C(O)O)C=C1. The lowest BCUT2D eigenvalue weighted by atomic mass is 10.1. The normalized spacial score (nSPS) is 16.0. The summed E-state index contributed by atoms with van der Waals surface area (Å²) in [6, 6.07) is 0. The van der Waals surface area contributed by atoms with E-state index in [4.69, 9.17) is 15.6 Å². The average molecular weight is 137 g/mol. The maximum Gasteiger partial charge on any atom is 0.281 e. The predicted octanol–water partition coefficient (Wildman–Crippen LogP) is 1.46. The van der Waals surface area contributed by atoms with Gasteiger partial charge in [-0.2, -0.15) is 0 Å². The highest BCUT2D eigenvalue weighted by Gasteiger charge is 1.99. The van der Waals surface area contributed by atoms with E-state index in [1.165, 1.54) is 24.3 Å². The number of aliphatic hydroxyl groups is 2. The Morgan fingerprint density at radius 2 is 1.60 bits per heavy atom. The van der Waals surface area contributed by atoms with E-state index in [9.17, 15) is 0 Å². The predicted molar refractivity (Wildman–Crippen MR) is 38.3 cm³/mol. The van der Waals surface area contributed by atoms with Gasteiger partial charge in [-0.1, -0.05) is 0 Å². The van der Waals surface area contributed by atoms with Gasteiger partial charge in [0.05, 0.1) is 11.3 Å². The van der Waals surface area contributed by atoms with Crippen molar-refractivity contribution in [2.24, 2.45) is 0 Å². The fourth-order valence-corrected chi connectivity index (χ4v) is 0.619. The highest BCUT2D eigenvalue weighted by atomic mass is 16.5. The number of aliphatic hydroxyl groups excluding tert-OH is 1. The highest BCUT2D eigenvalue weighted by Crippen LogP contribution is 2.07. The van der Waals surface area contributed by atoms with E-state index in [0.29, 0.717) is 11.3 Å². The molecule has 0 radical (unpaired) electrons. The summed E-state index contributed by atoms with van der Waals surface area (Å²) in [4.78, 5) is 0. The van der Waals surface area contributed by atoms with E-state index in [-0.39, 0.29) is 0 Å². The van der Waals surface area contributed by atoms with Crippen LogP contribution in [0.5, 0.6) is 0 Å². The van der Waals surface area contributed by atoms with Gasteiger partial charge in [0.15, 0.2) is 0 Å². The van der Waals surface area contributed by atoms with Gasteiger partial charge in [0.1, 0.15) is 0 Å². The monoisotopic (exact) mass is 137 g/mol. The molecule has 1 aliphatic rings. The van der Waals surface area contributed by atoms with Gasteiger partial charge in [-0.05, 0) is 24.3 Å². The van der Waals surface area contributed by atoms with Gasteiger partial charge >= 0.3 is 0 Å². The molecule has 1 aliphatic carbocycles. The lowest BCUT2D eigenvalue weighted by Gasteiger charge is -1.99. The molecule has 10 heavy (non-hydrogen) atoms. The molecular weight excluding hydrogens is 130 g/mol. The van der Waals surface area contributed by atoms with E-state index in [2.05, 4.69) is 0 Å². The first-order valence-electron chi connectivity index (χ1n) is 2.77. The largest absolute Gasteiger partial charge is 0.481 e. The third-order valence-electron chi connectivity index (χ3n) is 1.14. The fourth-order valence-electron chi connectivity index (χ4n) is 0.619. The zero-order valence-electron chi connectivity index (χ0n) is 5.20. The van der Waals surface area contributed by atoms with Crippen LogP contribution in [0.3, 0.4) is 0 Å². The molecule has 3 heteroatoms. The molecule has 0 fully saturated rings. The second-order valence-corrected chi connectivity index (χ2v) is 1.90. The van der Waals surface area contributed by atoms with Gasteiger partial charge in [0.2, 0.25) is 0 Å². The number of allylic oxidation sites excluding steroid dienone is 5. The summed E-state index contributed by atoms with van der Waals surface area (Å²) >= 11 is 0. The Hall–Kier alpha value is -1.51. The van der Waals surface area contributed by atoms with E-state index in [1.54, 1.807) is 0 Å². The first kappa shape index (κ1) is 6.61. The molecule has 0 unspecified atom stereocenters. The molecule has 3 nitrogen and oxygen atoms in total. The average Bonchev–Trinajstić information content (AvgIpc) is 1.88. The maximum atomic E-state index is 8.53. The minimum Gasteiger partial charge on any atom is -0.481 e. The Labute approximate surface area is 58.1 Å². The standard InChI is InChI=1S/C7H7NO2/c8-6-3-1-5(2-4-6)7(9)10/h1-4,8-10H. The molecular formula is C7H7NO2. The molecule has 52 valence electrons. The number of hydrogen-bond donors (Lipinski definition) is 3. The van der Waals surface area contributed by atoms with Crippen molar-refractivity contribution in [2.75, 3.05) is 0 Å². The number of nitrogens with one attached hydrogen (secondary N) is 1. The molecule has 1 rings (SSSR count). The zero-order chi connectivity index (χ0) is 7.56. The molecule has 0 aromatic carbocycles. The van der Waals surface area contributed by atoms with Gasteiger partial charge in [-0.15, -0.1) is 0 Å². The van der Waals surface area contributed by atoms with Crippen molar-refractivity contribution in [2.45, 2.75) is 0 Å². The van der Waals surface area contributed by atoms with Gasteiger partial charge in [0.25, 0.3) is 5.95 Å². The van der Waals surface area contributed by atoms with Crippen molar-refractivity contribution < 1.29 is 10.2 Å². The smallest absolute Gasteiger partial charge is 0.281 e. The van der Waals surface area contributed by atoms with E-state index < -0.39 is 5.95 Å². The van der Waals surface area contributed by atoms with Crippen LogP contribution in [0.15, 0.2) is 35.8 Å². The zero-order valence-corrected chi connectivity index (χ0v) is 5.20. The molecule has 0 saturated carbocycles. The van der Waals surface area contributed by atoms with Crippen molar-refractivity contribution in [3.05, 3.63) is 35.8 Å². The first-order chi connectivity index (χ1) is 4.70. The molecule has 0 aliphatic heterocycles. The quantitative estimate of drug-likeness (QED) is 0.442. The second kappa shape index (κ2) is 2.39. The van der Waals surface area contributed by atoms with Crippen molar-refractivity contribution in [1.82, 2.24) is 0 Å². The second-order valence-electron chi connectivity index (χ2n) is 1.90. The van der Waals surface area contributed by atoms with E-state index in [0.717, 1.165) is 0 Å².